The molecule has 1 atom stereocenters. The van der Waals surface area contributed by atoms with Crippen LogP contribution in [-0.4, -0.2) is 0 Å². The zero-order valence-corrected chi connectivity index (χ0v) is 18.5. The van der Waals surface area contributed by atoms with Crippen LogP contribution in [0.25, 0.3) is 11.1 Å². The molecule has 0 heterocycles. The van der Waals surface area contributed by atoms with E-state index in [4.69, 9.17) is 0 Å². The topological polar surface area (TPSA) is 0 Å². The van der Waals surface area contributed by atoms with Gasteiger partial charge in [-0.25, -0.2) is 0 Å². The molecule has 0 N–H and O–H groups in total. The summed E-state index contributed by atoms with van der Waals surface area (Å²) < 4.78 is 0. The first-order chi connectivity index (χ1) is 14.5. The van der Waals surface area contributed by atoms with Crippen molar-refractivity contribution in [3.8, 4) is 11.1 Å². The molecule has 0 aromatic heterocycles. The highest BCUT2D eigenvalue weighted by Gasteiger charge is 2.46. The van der Waals surface area contributed by atoms with Crippen LogP contribution < -0.4 is 0 Å². The second kappa shape index (κ2) is 6.71. The van der Waals surface area contributed by atoms with Crippen molar-refractivity contribution in [2.75, 3.05) is 0 Å². The van der Waals surface area contributed by atoms with Crippen LogP contribution in [0.5, 0.6) is 0 Å². The van der Waals surface area contributed by atoms with Gasteiger partial charge in [0, 0.05) is 0 Å². The van der Waals surface area contributed by atoms with Crippen LogP contribution in [0.4, 0.5) is 0 Å². The van der Waals surface area contributed by atoms with E-state index in [0.29, 0.717) is 0 Å². The van der Waals surface area contributed by atoms with Crippen molar-refractivity contribution in [3.05, 3.63) is 129 Å². The van der Waals surface area contributed by atoms with Gasteiger partial charge in [0.25, 0.3) is 0 Å². The summed E-state index contributed by atoms with van der Waals surface area (Å²) in [7, 11) is 0. The molecule has 4 aromatic rings. The highest BCUT2D eigenvalue weighted by molar-refractivity contribution is 5.89. The smallest absolute Gasteiger partial charge is 0.0622 e. The average molecular weight is 389 g/mol. The van der Waals surface area contributed by atoms with Gasteiger partial charge in [0.1, 0.15) is 0 Å². The van der Waals surface area contributed by atoms with Crippen LogP contribution >= 0.6 is 0 Å². The van der Waals surface area contributed by atoms with Crippen LogP contribution in [-0.2, 0) is 5.41 Å². The Labute approximate surface area is 180 Å². The minimum absolute atomic E-state index is 0.297. The molecule has 0 heteroatoms. The quantitative estimate of drug-likeness (QED) is 0.292. The van der Waals surface area contributed by atoms with Gasteiger partial charge in [-0.2, -0.15) is 0 Å². The second-order valence-corrected chi connectivity index (χ2v) is 8.83. The van der Waals surface area contributed by atoms with Crippen molar-refractivity contribution in [1.82, 2.24) is 0 Å². The average Bonchev–Trinajstić information content (AvgIpc) is 3.05. The maximum absolute atomic E-state index is 2.44. The lowest BCUT2D eigenvalue weighted by molar-refractivity contribution is 0.765. The minimum Gasteiger partial charge on any atom is -0.0622 e. The molecule has 1 aliphatic carbocycles. The molecule has 0 spiro atoms. The van der Waals surface area contributed by atoms with Crippen LogP contribution in [0.15, 0.2) is 78.9 Å². The molecule has 0 aliphatic heterocycles. The van der Waals surface area contributed by atoms with Crippen molar-refractivity contribution in [2.24, 2.45) is 0 Å². The number of benzene rings is 4. The molecule has 148 valence electrons. The lowest BCUT2D eigenvalue weighted by Gasteiger charge is -2.34. The molecular formula is C30H28. The standard InChI is InChI=1S/C30H28/c1-19-15-16-25(17-20(19)2)30(24-11-7-6-8-12-24)27-14-10-9-13-26(27)29-23(5)22(4)21(3)18-28(29)30/h6-18H,1-5H3. The Morgan fingerprint density at radius 3 is 1.93 bits per heavy atom. The van der Waals surface area contributed by atoms with Crippen molar-refractivity contribution in [3.63, 3.8) is 0 Å². The van der Waals surface area contributed by atoms with E-state index in [1.165, 1.54) is 61.2 Å². The van der Waals surface area contributed by atoms with Crippen LogP contribution in [0, 0.1) is 34.6 Å². The van der Waals surface area contributed by atoms with Crippen molar-refractivity contribution >= 4 is 0 Å². The molecule has 0 bridgehead atoms. The number of hydrogen-bond acceptors (Lipinski definition) is 0. The van der Waals surface area contributed by atoms with Gasteiger partial charge in [0.15, 0.2) is 0 Å². The third-order valence-electron chi connectivity index (χ3n) is 7.31. The van der Waals surface area contributed by atoms with Crippen molar-refractivity contribution in [1.29, 1.82) is 0 Å². The maximum Gasteiger partial charge on any atom is 0.0713 e. The van der Waals surface area contributed by atoms with Gasteiger partial charge in [-0.1, -0.05) is 78.9 Å². The Bertz CT molecular complexity index is 1280. The monoisotopic (exact) mass is 388 g/mol. The Balaban J connectivity index is 2.02. The molecule has 0 amide bonds. The van der Waals surface area contributed by atoms with Crippen molar-refractivity contribution in [2.45, 2.75) is 40.0 Å². The van der Waals surface area contributed by atoms with E-state index in [1.54, 1.807) is 0 Å². The first-order valence-corrected chi connectivity index (χ1v) is 10.8. The van der Waals surface area contributed by atoms with Crippen LogP contribution in [0.1, 0.15) is 50.1 Å². The second-order valence-electron chi connectivity index (χ2n) is 8.83. The van der Waals surface area contributed by atoms with E-state index in [1.807, 2.05) is 0 Å². The summed E-state index contributed by atoms with van der Waals surface area (Å²) in [6, 6.07) is 29.5. The number of hydrogen-bond donors (Lipinski definition) is 0. The molecule has 0 radical (unpaired) electrons. The Hall–Kier alpha value is -3.12. The predicted octanol–water partition coefficient (Wildman–Crippen LogP) is 7.59. The van der Waals surface area contributed by atoms with Gasteiger partial charge in [-0.3, -0.25) is 0 Å². The Kier molecular flexibility index (Phi) is 4.22. The van der Waals surface area contributed by atoms with E-state index in [9.17, 15) is 0 Å². The fraction of sp³-hybridized carbons (Fsp3) is 0.200. The molecule has 4 aromatic carbocycles. The molecule has 0 fully saturated rings. The van der Waals surface area contributed by atoms with E-state index >= 15 is 0 Å². The third-order valence-corrected chi connectivity index (χ3v) is 7.31. The van der Waals surface area contributed by atoms with Gasteiger partial charge >= 0.3 is 0 Å². The predicted molar refractivity (Wildman–Crippen MR) is 127 cm³/mol. The summed E-state index contributed by atoms with van der Waals surface area (Å²) in [5, 5.41) is 0. The molecule has 1 unspecified atom stereocenters. The molecular weight excluding hydrogens is 360 g/mol. The molecule has 1 aliphatic rings. The first-order valence-electron chi connectivity index (χ1n) is 10.8. The minimum atomic E-state index is -0.297. The van der Waals surface area contributed by atoms with Crippen molar-refractivity contribution < 1.29 is 0 Å². The van der Waals surface area contributed by atoms with E-state index in [0.717, 1.165) is 0 Å². The van der Waals surface area contributed by atoms with Crippen LogP contribution in [0.3, 0.4) is 0 Å². The molecule has 0 saturated heterocycles. The lowest BCUT2D eigenvalue weighted by Crippen LogP contribution is -2.29. The zero-order chi connectivity index (χ0) is 21.0. The molecule has 0 saturated carbocycles. The summed E-state index contributed by atoms with van der Waals surface area (Å²) in [4.78, 5) is 0. The largest absolute Gasteiger partial charge is 0.0713 e. The van der Waals surface area contributed by atoms with Gasteiger partial charge < -0.3 is 0 Å². The van der Waals surface area contributed by atoms with Gasteiger partial charge in [-0.05, 0) is 95.8 Å². The normalized spacial score (nSPS) is 17.0. The SMILES string of the molecule is Cc1ccc(C2(c3ccccc3)c3ccccc3-c3c2cc(C)c(C)c3C)cc1C. The molecule has 0 nitrogen and oxygen atoms in total. The Morgan fingerprint density at radius 2 is 1.20 bits per heavy atom. The maximum atomic E-state index is 2.44. The highest BCUT2D eigenvalue weighted by Crippen LogP contribution is 2.57. The summed E-state index contributed by atoms with van der Waals surface area (Å²) >= 11 is 0. The summed E-state index contributed by atoms with van der Waals surface area (Å²) in [6.45, 7) is 11.2. The lowest BCUT2D eigenvalue weighted by atomic mass is 9.67. The molecule has 30 heavy (non-hydrogen) atoms. The zero-order valence-electron chi connectivity index (χ0n) is 18.5. The summed E-state index contributed by atoms with van der Waals surface area (Å²) in [5.74, 6) is 0. The first kappa shape index (κ1) is 18.9. The number of aryl methyl sites for hydroxylation is 3. The third kappa shape index (κ3) is 2.40. The summed E-state index contributed by atoms with van der Waals surface area (Å²) in [6.07, 6.45) is 0. The van der Waals surface area contributed by atoms with E-state index < -0.39 is 0 Å². The fourth-order valence-electron chi connectivity index (χ4n) is 5.35. The molecule has 5 rings (SSSR count). The highest BCUT2D eigenvalue weighted by atomic mass is 14.5. The van der Waals surface area contributed by atoms with E-state index in [2.05, 4.69) is 113 Å². The number of rotatable bonds is 2. The van der Waals surface area contributed by atoms with E-state index in [-0.39, 0.29) is 5.41 Å². The number of fused-ring (bicyclic) bond motifs is 3. The summed E-state index contributed by atoms with van der Waals surface area (Å²) in [5.41, 5.74) is 14.8. The Morgan fingerprint density at radius 1 is 0.500 bits per heavy atom. The van der Waals surface area contributed by atoms with Crippen LogP contribution in [0.2, 0.25) is 0 Å². The fourth-order valence-corrected chi connectivity index (χ4v) is 5.35. The van der Waals surface area contributed by atoms with Gasteiger partial charge in [0.05, 0.1) is 5.41 Å². The van der Waals surface area contributed by atoms with Gasteiger partial charge in [0.2, 0.25) is 0 Å². The van der Waals surface area contributed by atoms with Gasteiger partial charge in [-0.15, -0.1) is 0 Å².